The van der Waals surface area contributed by atoms with Crippen molar-refractivity contribution in [2.24, 2.45) is 0 Å². The molecule has 4 rings (SSSR count). The zero-order valence-electron chi connectivity index (χ0n) is 21.6. The van der Waals surface area contributed by atoms with E-state index in [-0.39, 0.29) is 23.2 Å². The SMILES string of the molecule is Cc1c(CC(=O)NC(CSCc2ccccc2)C(=O)O)c(=O)oc2c(C)c3occ(C(C)(C)C)c3cc12. The lowest BCUT2D eigenvalue weighted by atomic mass is 9.86. The van der Waals surface area contributed by atoms with Gasteiger partial charge in [-0.15, -0.1) is 0 Å². The number of benzene rings is 2. The van der Waals surface area contributed by atoms with Gasteiger partial charge in [0.15, 0.2) is 0 Å². The average Bonchev–Trinajstić information content (AvgIpc) is 3.28. The van der Waals surface area contributed by atoms with Gasteiger partial charge in [-0.3, -0.25) is 4.79 Å². The number of thioether (sulfide) groups is 1. The number of carbonyl (C=O) groups excluding carboxylic acids is 1. The summed E-state index contributed by atoms with van der Waals surface area (Å²) in [6.07, 6.45) is 1.46. The molecule has 0 saturated heterocycles. The molecule has 2 aromatic heterocycles. The number of carboxylic acid groups (broad SMARTS) is 1. The van der Waals surface area contributed by atoms with Crippen LogP contribution >= 0.6 is 11.8 Å². The van der Waals surface area contributed by atoms with Crippen molar-refractivity contribution in [2.45, 2.75) is 58.2 Å². The minimum Gasteiger partial charge on any atom is -0.480 e. The van der Waals surface area contributed by atoms with Gasteiger partial charge < -0.3 is 19.3 Å². The van der Waals surface area contributed by atoms with E-state index in [4.69, 9.17) is 8.83 Å². The Morgan fingerprint density at radius 3 is 2.41 bits per heavy atom. The summed E-state index contributed by atoms with van der Waals surface area (Å²) in [5.41, 5.74) is 4.01. The van der Waals surface area contributed by atoms with Crippen molar-refractivity contribution in [3.63, 3.8) is 0 Å². The van der Waals surface area contributed by atoms with Crippen LogP contribution in [0.4, 0.5) is 0 Å². The minimum atomic E-state index is -1.12. The van der Waals surface area contributed by atoms with Gasteiger partial charge in [0.25, 0.3) is 0 Å². The summed E-state index contributed by atoms with van der Waals surface area (Å²) in [5.74, 6) is -0.830. The lowest BCUT2D eigenvalue weighted by Crippen LogP contribution is -2.43. The molecule has 1 amide bonds. The molecule has 8 heteroatoms. The average molecular weight is 522 g/mol. The lowest BCUT2D eigenvalue weighted by molar-refractivity contribution is -0.141. The second-order valence-electron chi connectivity index (χ2n) is 10.3. The van der Waals surface area contributed by atoms with Crippen molar-refractivity contribution in [1.29, 1.82) is 0 Å². The van der Waals surface area contributed by atoms with Gasteiger partial charge in [-0.25, -0.2) is 9.59 Å². The summed E-state index contributed by atoms with van der Waals surface area (Å²) in [6.45, 7) is 9.93. The Labute approximate surface area is 219 Å². The monoisotopic (exact) mass is 521 g/mol. The maximum atomic E-state index is 12.9. The molecule has 2 heterocycles. The van der Waals surface area contributed by atoms with E-state index in [0.29, 0.717) is 22.5 Å². The van der Waals surface area contributed by atoms with E-state index in [1.54, 1.807) is 13.2 Å². The first-order valence-corrected chi connectivity index (χ1v) is 13.2. The summed E-state index contributed by atoms with van der Waals surface area (Å²) in [7, 11) is 0. The summed E-state index contributed by atoms with van der Waals surface area (Å²) < 4.78 is 11.5. The first-order chi connectivity index (χ1) is 17.5. The Balaban J connectivity index is 1.58. The van der Waals surface area contributed by atoms with E-state index in [2.05, 4.69) is 26.1 Å². The van der Waals surface area contributed by atoms with Crippen LogP contribution in [0.25, 0.3) is 21.9 Å². The first kappa shape index (κ1) is 26.5. The molecule has 0 fully saturated rings. The molecule has 194 valence electrons. The topological polar surface area (TPSA) is 110 Å². The van der Waals surface area contributed by atoms with Crippen LogP contribution in [0.2, 0.25) is 0 Å². The molecular weight excluding hydrogens is 490 g/mol. The van der Waals surface area contributed by atoms with Crippen molar-refractivity contribution in [3.05, 3.63) is 80.9 Å². The molecule has 2 aromatic carbocycles. The molecule has 4 aromatic rings. The van der Waals surface area contributed by atoms with E-state index >= 15 is 0 Å². The maximum Gasteiger partial charge on any atom is 0.340 e. The third-order valence-corrected chi connectivity index (χ3v) is 7.62. The van der Waals surface area contributed by atoms with Gasteiger partial charge in [0.05, 0.1) is 18.2 Å². The van der Waals surface area contributed by atoms with Crippen LogP contribution in [0.3, 0.4) is 0 Å². The molecule has 0 saturated carbocycles. The summed E-state index contributed by atoms with van der Waals surface area (Å²) in [5, 5.41) is 13.9. The number of nitrogens with one attached hydrogen (secondary N) is 1. The molecule has 1 unspecified atom stereocenters. The van der Waals surface area contributed by atoms with Gasteiger partial charge in [0.1, 0.15) is 17.2 Å². The predicted octanol–water partition coefficient (Wildman–Crippen LogP) is 5.50. The maximum absolute atomic E-state index is 12.9. The van der Waals surface area contributed by atoms with E-state index in [9.17, 15) is 19.5 Å². The highest BCUT2D eigenvalue weighted by Gasteiger charge is 2.25. The molecule has 0 bridgehead atoms. The van der Waals surface area contributed by atoms with Crippen molar-refractivity contribution in [3.8, 4) is 0 Å². The van der Waals surface area contributed by atoms with Crippen LogP contribution in [-0.4, -0.2) is 28.8 Å². The lowest BCUT2D eigenvalue weighted by Gasteiger charge is -2.17. The molecule has 2 N–H and O–H groups in total. The zero-order valence-corrected chi connectivity index (χ0v) is 22.5. The number of carboxylic acids is 1. The highest BCUT2D eigenvalue weighted by molar-refractivity contribution is 7.98. The van der Waals surface area contributed by atoms with Crippen LogP contribution in [-0.2, 0) is 27.2 Å². The van der Waals surface area contributed by atoms with E-state index < -0.39 is 23.5 Å². The highest BCUT2D eigenvalue weighted by Crippen LogP contribution is 2.37. The second-order valence-corrected chi connectivity index (χ2v) is 11.3. The van der Waals surface area contributed by atoms with Gasteiger partial charge in [0.2, 0.25) is 5.91 Å². The van der Waals surface area contributed by atoms with Gasteiger partial charge in [-0.2, -0.15) is 11.8 Å². The Hall–Kier alpha value is -3.52. The molecule has 0 aliphatic carbocycles. The fourth-order valence-corrected chi connectivity index (χ4v) is 5.44. The molecule has 7 nitrogen and oxygen atoms in total. The zero-order chi connectivity index (χ0) is 26.9. The quantitative estimate of drug-likeness (QED) is 0.295. The Kier molecular flexibility index (Phi) is 7.50. The number of hydrogen-bond acceptors (Lipinski definition) is 6. The van der Waals surface area contributed by atoms with Crippen LogP contribution < -0.4 is 10.9 Å². The molecule has 1 atom stereocenters. The number of amides is 1. The molecule has 0 aliphatic rings. The normalized spacial score (nSPS) is 12.7. The van der Waals surface area contributed by atoms with E-state index in [0.717, 1.165) is 27.5 Å². The smallest absolute Gasteiger partial charge is 0.340 e. The third-order valence-electron chi connectivity index (χ3n) is 6.52. The van der Waals surface area contributed by atoms with Gasteiger partial charge in [-0.1, -0.05) is 51.1 Å². The molecule has 0 aliphatic heterocycles. The predicted molar refractivity (Wildman–Crippen MR) is 146 cm³/mol. The number of carbonyl (C=O) groups is 2. The van der Waals surface area contributed by atoms with E-state index in [1.807, 2.05) is 43.3 Å². The fraction of sp³-hybridized carbons (Fsp3) is 0.345. The fourth-order valence-electron chi connectivity index (χ4n) is 4.43. The summed E-state index contributed by atoms with van der Waals surface area (Å²) >= 11 is 1.42. The Bertz CT molecular complexity index is 1530. The molecule has 0 radical (unpaired) electrons. The number of furan rings is 1. The Morgan fingerprint density at radius 1 is 1.05 bits per heavy atom. The van der Waals surface area contributed by atoms with Crippen molar-refractivity contribution in [2.75, 3.05) is 5.75 Å². The molecule has 37 heavy (non-hydrogen) atoms. The molecular formula is C29H31NO6S. The third kappa shape index (κ3) is 5.59. The largest absolute Gasteiger partial charge is 0.480 e. The number of aryl methyl sites for hydroxylation is 2. The van der Waals surface area contributed by atoms with Gasteiger partial charge in [0, 0.05) is 33.4 Å². The van der Waals surface area contributed by atoms with Crippen molar-refractivity contribution >= 4 is 45.6 Å². The molecule has 0 spiro atoms. The number of hydrogen-bond donors (Lipinski definition) is 2. The van der Waals surface area contributed by atoms with Gasteiger partial charge >= 0.3 is 11.6 Å². The standard InChI is InChI=1S/C29H31NO6S/c1-16-19-11-21-22(29(3,4)5)13-35-25(21)17(2)26(19)36-28(34)20(16)12-24(31)30-23(27(32)33)15-37-14-18-9-7-6-8-10-18/h6-11,13,23H,12,14-15H2,1-5H3,(H,30,31)(H,32,33). The number of aliphatic carboxylic acids is 1. The van der Waals surface area contributed by atoms with E-state index in [1.165, 1.54) is 11.8 Å². The first-order valence-electron chi connectivity index (χ1n) is 12.1. The second kappa shape index (κ2) is 10.5. The number of fused-ring (bicyclic) bond motifs is 2. The van der Waals surface area contributed by atoms with Gasteiger partial charge in [-0.05, 0) is 36.5 Å². The van der Waals surface area contributed by atoms with Crippen LogP contribution in [0, 0.1) is 13.8 Å². The van der Waals surface area contributed by atoms with Crippen LogP contribution in [0.5, 0.6) is 0 Å². The van der Waals surface area contributed by atoms with Crippen molar-refractivity contribution in [1.82, 2.24) is 5.32 Å². The van der Waals surface area contributed by atoms with Crippen molar-refractivity contribution < 1.29 is 23.5 Å². The van der Waals surface area contributed by atoms with Crippen LogP contribution in [0.1, 0.15) is 48.6 Å². The highest BCUT2D eigenvalue weighted by atomic mass is 32.2. The summed E-state index contributed by atoms with van der Waals surface area (Å²) in [4.78, 5) is 37.5. The summed E-state index contributed by atoms with van der Waals surface area (Å²) in [6, 6.07) is 10.6. The number of rotatable bonds is 8. The minimum absolute atomic E-state index is 0.151. The Morgan fingerprint density at radius 2 is 1.76 bits per heavy atom. The van der Waals surface area contributed by atoms with Crippen LogP contribution in [0.15, 0.2) is 56.3 Å².